The summed E-state index contributed by atoms with van der Waals surface area (Å²) in [5.74, 6) is 1.54. The number of halogens is 2. The van der Waals surface area contributed by atoms with Crippen LogP contribution in [-0.4, -0.2) is 20.2 Å². The van der Waals surface area contributed by atoms with Gasteiger partial charge in [-0.3, -0.25) is 0 Å². The molecule has 0 saturated carbocycles. The van der Waals surface area contributed by atoms with E-state index in [0.29, 0.717) is 5.92 Å². The Hall–Kier alpha value is -0.0600. The number of nitrogens with one attached hydrogen (secondary N) is 1. The number of benzene rings is 1. The first-order valence-corrected chi connectivity index (χ1v) is 6.04. The molecule has 2 rings (SSSR count). The molecular formula is C10H11Br2NO. The van der Waals surface area contributed by atoms with Gasteiger partial charge in [0.2, 0.25) is 0 Å². The number of hydrogen-bond acceptors (Lipinski definition) is 2. The average Bonchev–Trinajstić information content (AvgIpc) is 1.99. The van der Waals surface area contributed by atoms with E-state index in [-0.39, 0.29) is 0 Å². The molecule has 1 fully saturated rings. The summed E-state index contributed by atoms with van der Waals surface area (Å²) < 4.78 is 7.49. The highest BCUT2D eigenvalue weighted by Crippen LogP contribution is 2.37. The fourth-order valence-corrected chi connectivity index (χ4v) is 3.03. The molecule has 0 radical (unpaired) electrons. The predicted molar refractivity (Wildman–Crippen MR) is 64.0 cm³/mol. The fraction of sp³-hybridized carbons (Fsp3) is 0.400. The number of rotatable bonds is 2. The van der Waals surface area contributed by atoms with E-state index >= 15 is 0 Å². The summed E-state index contributed by atoms with van der Waals surface area (Å²) in [5, 5.41) is 3.26. The van der Waals surface area contributed by atoms with Crippen LogP contribution in [0.5, 0.6) is 5.75 Å². The molecule has 4 heteroatoms. The van der Waals surface area contributed by atoms with E-state index in [1.165, 1.54) is 5.56 Å². The molecule has 76 valence electrons. The predicted octanol–water partition coefficient (Wildman–Crippen LogP) is 2.91. The van der Waals surface area contributed by atoms with E-state index in [1.807, 2.05) is 6.07 Å². The van der Waals surface area contributed by atoms with Gasteiger partial charge >= 0.3 is 0 Å². The SMILES string of the molecule is COc1c(Br)cc(Br)cc1C1CNC1. The van der Waals surface area contributed by atoms with Crippen LogP contribution in [0.3, 0.4) is 0 Å². The van der Waals surface area contributed by atoms with Gasteiger partial charge in [0, 0.05) is 29.0 Å². The van der Waals surface area contributed by atoms with Gasteiger partial charge in [-0.05, 0) is 28.1 Å². The summed E-state index contributed by atoms with van der Waals surface area (Å²) in [6.07, 6.45) is 0. The molecule has 0 unspecified atom stereocenters. The highest BCUT2D eigenvalue weighted by Gasteiger charge is 2.23. The molecule has 1 aliphatic heterocycles. The molecule has 0 atom stereocenters. The van der Waals surface area contributed by atoms with E-state index in [0.717, 1.165) is 27.8 Å². The monoisotopic (exact) mass is 319 g/mol. The summed E-state index contributed by atoms with van der Waals surface area (Å²) >= 11 is 7.00. The van der Waals surface area contributed by atoms with E-state index in [1.54, 1.807) is 7.11 Å². The Morgan fingerprint density at radius 2 is 2.07 bits per heavy atom. The van der Waals surface area contributed by atoms with E-state index in [4.69, 9.17) is 4.74 Å². The first-order valence-electron chi connectivity index (χ1n) is 4.46. The van der Waals surface area contributed by atoms with Gasteiger partial charge in [-0.2, -0.15) is 0 Å². The Bertz CT molecular complexity index is 350. The molecule has 1 aromatic rings. The zero-order valence-corrected chi connectivity index (χ0v) is 11.0. The second kappa shape index (κ2) is 4.21. The van der Waals surface area contributed by atoms with Gasteiger partial charge in [0.15, 0.2) is 0 Å². The highest BCUT2D eigenvalue weighted by molar-refractivity contribution is 9.11. The van der Waals surface area contributed by atoms with Crippen molar-refractivity contribution >= 4 is 31.9 Å². The van der Waals surface area contributed by atoms with E-state index in [2.05, 4.69) is 43.2 Å². The zero-order valence-electron chi connectivity index (χ0n) is 7.81. The van der Waals surface area contributed by atoms with Crippen molar-refractivity contribution in [3.63, 3.8) is 0 Å². The summed E-state index contributed by atoms with van der Waals surface area (Å²) in [4.78, 5) is 0. The Morgan fingerprint density at radius 3 is 2.57 bits per heavy atom. The molecule has 0 aromatic heterocycles. The van der Waals surface area contributed by atoms with E-state index in [9.17, 15) is 0 Å². The first kappa shape index (κ1) is 10.5. The van der Waals surface area contributed by atoms with Crippen molar-refractivity contribution < 1.29 is 4.74 Å². The summed E-state index contributed by atoms with van der Waals surface area (Å²) in [6, 6.07) is 4.14. The molecule has 0 spiro atoms. The average molecular weight is 321 g/mol. The molecule has 1 aliphatic rings. The van der Waals surface area contributed by atoms with Crippen molar-refractivity contribution in [2.45, 2.75) is 5.92 Å². The minimum atomic E-state index is 0.582. The molecule has 2 nitrogen and oxygen atoms in total. The van der Waals surface area contributed by atoms with Crippen LogP contribution in [0.4, 0.5) is 0 Å². The van der Waals surface area contributed by atoms with Crippen molar-refractivity contribution in [1.82, 2.24) is 5.32 Å². The van der Waals surface area contributed by atoms with Crippen molar-refractivity contribution in [1.29, 1.82) is 0 Å². The Balaban J connectivity index is 2.44. The van der Waals surface area contributed by atoms with Crippen LogP contribution in [-0.2, 0) is 0 Å². The van der Waals surface area contributed by atoms with Crippen molar-refractivity contribution in [3.8, 4) is 5.75 Å². The second-order valence-electron chi connectivity index (χ2n) is 3.37. The third-order valence-corrected chi connectivity index (χ3v) is 3.51. The lowest BCUT2D eigenvalue weighted by molar-refractivity contribution is 0.383. The Morgan fingerprint density at radius 1 is 1.36 bits per heavy atom. The molecule has 14 heavy (non-hydrogen) atoms. The van der Waals surface area contributed by atoms with Crippen LogP contribution in [0.1, 0.15) is 11.5 Å². The third kappa shape index (κ3) is 1.83. The van der Waals surface area contributed by atoms with Gasteiger partial charge in [-0.25, -0.2) is 0 Å². The van der Waals surface area contributed by atoms with Crippen LogP contribution in [0.15, 0.2) is 21.1 Å². The van der Waals surface area contributed by atoms with Gasteiger partial charge in [0.05, 0.1) is 11.6 Å². The smallest absolute Gasteiger partial charge is 0.136 e. The maximum atomic E-state index is 5.39. The first-order chi connectivity index (χ1) is 6.72. The van der Waals surface area contributed by atoms with Crippen LogP contribution in [0, 0.1) is 0 Å². The summed E-state index contributed by atoms with van der Waals surface area (Å²) in [6.45, 7) is 2.08. The highest BCUT2D eigenvalue weighted by atomic mass is 79.9. The van der Waals surface area contributed by atoms with Gasteiger partial charge in [0.25, 0.3) is 0 Å². The van der Waals surface area contributed by atoms with Gasteiger partial charge < -0.3 is 10.1 Å². The Labute approximate surface area is 100 Å². The molecule has 1 N–H and O–H groups in total. The molecule has 0 bridgehead atoms. The molecule has 1 saturated heterocycles. The van der Waals surface area contributed by atoms with Crippen molar-refractivity contribution in [3.05, 3.63) is 26.6 Å². The third-order valence-electron chi connectivity index (χ3n) is 2.46. The van der Waals surface area contributed by atoms with Crippen molar-refractivity contribution in [2.75, 3.05) is 20.2 Å². The van der Waals surface area contributed by atoms with Crippen molar-refractivity contribution in [2.24, 2.45) is 0 Å². The topological polar surface area (TPSA) is 21.3 Å². The maximum Gasteiger partial charge on any atom is 0.136 e. The Kier molecular flexibility index (Phi) is 3.14. The summed E-state index contributed by atoms with van der Waals surface area (Å²) in [7, 11) is 1.71. The second-order valence-corrected chi connectivity index (χ2v) is 5.14. The van der Waals surface area contributed by atoms with E-state index < -0.39 is 0 Å². The molecular weight excluding hydrogens is 310 g/mol. The van der Waals surface area contributed by atoms with Gasteiger partial charge in [-0.1, -0.05) is 15.9 Å². The van der Waals surface area contributed by atoms with Gasteiger partial charge in [-0.15, -0.1) is 0 Å². The molecule has 1 aromatic carbocycles. The van der Waals surface area contributed by atoms with Crippen LogP contribution < -0.4 is 10.1 Å². The van der Waals surface area contributed by atoms with Crippen LogP contribution >= 0.6 is 31.9 Å². The summed E-state index contributed by atoms with van der Waals surface area (Å²) in [5.41, 5.74) is 1.27. The standard InChI is InChI=1S/C10H11Br2NO/c1-14-10-8(6-4-13-5-6)2-7(11)3-9(10)12/h2-3,6,13H,4-5H2,1H3. The maximum absolute atomic E-state index is 5.39. The molecule has 0 amide bonds. The fourth-order valence-electron chi connectivity index (χ4n) is 1.61. The number of hydrogen-bond donors (Lipinski definition) is 1. The molecule has 0 aliphatic carbocycles. The quantitative estimate of drug-likeness (QED) is 0.904. The largest absolute Gasteiger partial charge is 0.495 e. The normalized spacial score (nSPS) is 16.5. The lowest BCUT2D eigenvalue weighted by Crippen LogP contribution is -2.40. The zero-order chi connectivity index (χ0) is 10.1. The lowest BCUT2D eigenvalue weighted by atomic mass is 9.93. The van der Waals surface area contributed by atoms with Gasteiger partial charge in [0.1, 0.15) is 5.75 Å². The minimum Gasteiger partial charge on any atom is -0.495 e. The number of methoxy groups -OCH3 is 1. The number of ether oxygens (including phenoxy) is 1. The van der Waals surface area contributed by atoms with Crippen LogP contribution in [0.25, 0.3) is 0 Å². The molecule has 1 heterocycles. The minimum absolute atomic E-state index is 0.582. The van der Waals surface area contributed by atoms with Crippen LogP contribution in [0.2, 0.25) is 0 Å². The lowest BCUT2D eigenvalue weighted by Gasteiger charge is -2.29.